The molecule has 0 saturated carbocycles. The predicted molar refractivity (Wildman–Crippen MR) is 129 cm³/mol. The highest BCUT2D eigenvalue weighted by Gasteiger charge is 2.31. The van der Waals surface area contributed by atoms with Crippen molar-refractivity contribution in [2.75, 3.05) is 18.4 Å². The van der Waals surface area contributed by atoms with Gasteiger partial charge >= 0.3 is 0 Å². The molecule has 1 saturated heterocycles. The van der Waals surface area contributed by atoms with Crippen molar-refractivity contribution >= 4 is 43.5 Å². The van der Waals surface area contributed by atoms with Crippen molar-refractivity contribution in [2.45, 2.75) is 38.5 Å². The summed E-state index contributed by atoms with van der Waals surface area (Å²) >= 11 is 3.36. The van der Waals surface area contributed by atoms with Crippen molar-refractivity contribution in [3.8, 4) is 0 Å². The number of piperidine rings is 1. The lowest BCUT2D eigenvalue weighted by atomic mass is 9.97. The molecule has 0 aliphatic carbocycles. The minimum Gasteiger partial charge on any atom is -0.350 e. The number of anilines is 1. The number of sulfonamides is 1. The molecule has 0 aromatic heterocycles. The van der Waals surface area contributed by atoms with E-state index in [1.54, 1.807) is 36.4 Å². The molecule has 172 valence electrons. The number of hydrogen-bond donors (Lipinski definition) is 2. The van der Waals surface area contributed by atoms with Gasteiger partial charge in [-0.2, -0.15) is 0 Å². The molecule has 1 fully saturated rings. The Morgan fingerprint density at radius 3 is 2.44 bits per heavy atom. The average Bonchev–Trinajstić information content (AvgIpc) is 2.73. The molecule has 32 heavy (non-hydrogen) atoms. The van der Waals surface area contributed by atoms with E-state index in [2.05, 4.69) is 26.6 Å². The van der Waals surface area contributed by atoms with Crippen molar-refractivity contribution in [3.63, 3.8) is 0 Å². The number of para-hydroxylation sites is 1. The maximum atomic E-state index is 12.8. The average molecular weight is 522 g/mol. The van der Waals surface area contributed by atoms with Crippen LogP contribution in [0.25, 0.3) is 0 Å². The Hall–Kier alpha value is -2.23. The van der Waals surface area contributed by atoms with Crippen LogP contribution in [0, 0.1) is 5.92 Å². The fraction of sp³-hybridized carbons (Fsp3) is 0.391. The van der Waals surface area contributed by atoms with E-state index in [0.29, 0.717) is 37.2 Å². The summed E-state index contributed by atoms with van der Waals surface area (Å²) < 4.78 is 27.9. The van der Waals surface area contributed by atoms with Crippen molar-refractivity contribution in [1.82, 2.24) is 9.62 Å². The lowest BCUT2D eigenvalue weighted by Gasteiger charge is -2.30. The Morgan fingerprint density at radius 1 is 1.09 bits per heavy atom. The minimum atomic E-state index is -3.46. The molecule has 1 heterocycles. The van der Waals surface area contributed by atoms with Gasteiger partial charge in [-0.15, -0.1) is 0 Å². The molecule has 7 nitrogen and oxygen atoms in total. The number of hydrogen-bond acceptors (Lipinski definition) is 4. The van der Waals surface area contributed by atoms with Crippen LogP contribution in [-0.2, 0) is 20.6 Å². The van der Waals surface area contributed by atoms with E-state index in [0.717, 1.165) is 10.0 Å². The number of carbonyl (C=O) groups is 2. The summed E-state index contributed by atoms with van der Waals surface area (Å²) in [5.41, 5.74) is 1.58. The first kappa shape index (κ1) is 24.4. The van der Waals surface area contributed by atoms with Gasteiger partial charge in [0.25, 0.3) is 5.91 Å². The van der Waals surface area contributed by atoms with Gasteiger partial charge in [-0.1, -0.05) is 40.2 Å². The van der Waals surface area contributed by atoms with E-state index in [4.69, 9.17) is 0 Å². The molecule has 2 N–H and O–H groups in total. The van der Waals surface area contributed by atoms with Gasteiger partial charge in [0, 0.05) is 29.5 Å². The van der Waals surface area contributed by atoms with Crippen LogP contribution in [-0.4, -0.2) is 43.7 Å². The molecule has 0 unspecified atom stereocenters. The molecule has 2 aromatic rings. The minimum absolute atomic E-state index is 0.0190. The third-order valence-electron chi connectivity index (χ3n) is 5.31. The van der Waals surface area contributed by atoms with Gasteiger partial charge in [0.2, 0.25) is 15.9 Å². The first-order chi connectivity index (χ1) is 15.2. The first-order valence-corrected chi connectivity index (χ1v) is 13.0. The van der Waals surface area contributed by atoms with E-state index in [-0.39, 0.29) is 29.5 Å². The molecular weight excluding hydrogens is 494 g/mol. The number of benzene rings is 2. The maximum Gasteiger partial charge on any atom is 0.253 e. The smallest absolute Gasteiger partial charge is 0.253 e. The third kappa shape index (κ3) is 6.40. The number of amides is 2. The molecule has 0 bridgehead atoms. The summed E-state index contributed by atoms with van der Waals surface area (Å²) in [6, 6.07) is 14.1. The standard InChI is InChI=1S/C23H28BrN3O4S/c1-16(2)25-23(29)20-8-3-4-9-21(20)26-22(28)18-10-12-27(13-11-18)32(30,31)15-17-6-5-7-19(24)14-17/h3-9,14,16,18H,10-13,15H2,1-2H3,(H,25,29)(H,26,28). The Kier molecular flexibility index (Phi) is 8.08. The summed E-state index contributed by atoms with van der Waals surface area (Å²) in [7, 11) is -3.46. The van der Waals surface area contributed by atoms with Crippen LogP contribution in [0.3, 0.4) is 0 Å². The Morgan fingerprint density at radius 2 is 1.78 bits per heavy atom. The van der Waals surface area contributed by atoms with Crippen LogP contribution in [0.4, 0.5) is 5.69 Å². The molecule has 1 aliphatic heterocycles. The van der Waals surface area contributed by atoms with E-state index < -0.39 is 10.0 Å². The van der Waals surface area contributed by atoms with Crippen molar-refractivity contribution in [2.24, 2.45) is 5.92 Å². The van der Waals surface area contributed by atoms with Crippen molar-refractivity contribution in [1.29, 1.82) is 0 Å². The number of nitrogens with one attached hydrogen (secondary N) is 2. The molecular formula is C23H28BrN3O4S. The summed E-state index contributed by atoms with van der Waals surface area (Å²) in [5, 5.41) is 5.69. The zero-order chi connectivity index (χ0) is 23.3. The molecule has 9 heteroatoms. The number of halogens is 1. The molecule has 0 spiro atoms. The van der Waals surface area contributed by atoms with Crippen LogP contribution in [0.15, 0.2) is 53.0 Å². The normalized spacial score (nSPS) is 15.5. The largest absolute Gasteiger partial charge is 0.350 e. The topological polar surface area (TPSA) is 95.6 Å². The monoisotopic (exact) mass is 521 g/mol. The zero-order valence-electron chi connectivity index (χ0n) is 18.2. The summed E-state index contributed by atoms with van der Waals surface area (Å²) in [6.07, 6.45) is 0.869. The van der Waals surface area contributed by atoms with Gasteiger partial charge in [0.05, 0.1) is 17.0 Å². The SMILES string of the molecule is CC(C)NC(=O)c1ccccc1NC(=O)C1CCN(S(=O)(=O)Cc2cccc(Br)c2)CC1. The van der Waals surface area contributed by atoms with Gasteiger partial charge in [-0.3, -0.25) is 9.59 Å². The van der Waals surface area contributed by atoms with Gasteiger partial charge in [0.15, 0.2) is 0 Å². The van der Waals surface area contributed by atoms with Gasteiger partial charge in [0.1, 0.15) is 0 Å². The van der Waals surface area contributed by atoms with Gasteiger partial charge in [-0.05, 0) is 56.5 Å². The second kappa shape index (κ2) is 10.6. The second-order valence-corrected chi connectivity index (χ2v) is 11.1. The first-order valence-electron chi connectivity index (χ1n) is 10.6. The molecule has 3 rings (SSSR count). The fourth-order valence-corrected chi connectivity index (χ4v) is 5.69. The highest BCUT2D eigenvalue weighted by atomic mass is 79.9. The summed E-state index contributed by atoms with van der Waals surface area (Å²) in [4.78, 5) is 25.3. The van der Waals surface area contributed by atoms with Crippen LogP contribution in [0.1, 0.15) is 42.6 Å². The van der Waals surface area contributed by atoms with Crippen molar-refractivity contribution < 1.29 is 18.0 Å². The molecule has 2 aromatic carbocycles. The third-order valence-corrected chi connectivity index (χ3v) is 7.65. The van der Waals surface area contributed by atoms with E-state index in [1.165, 1.54) is 4.31 Å². The van der Waals surface area contributed by atoms with Crippen LogP contribution < -0.4 is 10.6 Å². The molecule has 0 radical (unpaired) electrons. The van der Waals surface area contributed by atoms with Crippen molar-refractivity contribution in [3.05, 3.63) is 64.1 Å². The van der Waals surface area contributed by atoms with E-state index >= 15 is 0 Å². The zero-order valence-corrected chi connectivity index (χ0v) is 20.6. The number of nitrogens with zero attached hydrogens (tertiary/aromatic N) is 1. The Labute approximate surface area is 197 Å². The van der Waals surface area contributed by atoms with E-state index in [1.807, 2.05) is 26.0 Å². The molecule has 1 aliphatic rings. The predicted octanol–water partition coefficient (Wildman–Crippen LogP) is 3.77. The Bertz CT molecular complexity index is 1080. The van der Waals surface area contributed by atoms with E-state index in [9.17, 15) is 18.0 Å². The highest BCUT2D eigenvalue weighted by molar-refractivity contribution is 9.10. The maximum absolute atomic E-state index is 12.8. The summed E-state index contributed by atoms with van der Waals surface area (Å²) in [5.74, 6) is -0.821. The van der Waals surface area contributed by atoms with Gasteiger partial charge < -0.3 is 10.6 Å². The molecule has 0 atom stereocenters. The lowest BCUT2D eigenvalue weighted by Crippen LogP contribution is -2.42. The van der Waals surface area contributed by atoms with Crippen LogP contribution in [0.5, 0.6) is 0 Å². The molecule has 2 amide bonds. The highest BCUT2D eigenvalue weighted by Crippen LogP contribution is 2.25. The van der Waals surface area contributed by atoms with Crippen LogP contribution in [0.2, 0.25) is 0 Å². The number of carbonyl (C=O) groups excluding carboxylic acids is 2. The summed E-state index contributed by atoms with van der Waals surface area (Å²) in [6.45, 7) is 4.34. The Balaban J connectivity index is 1.60. The van der Waals surface area contributed by atoms with Gasteiger partial charge in [-0.25, -0.2) is 12.7 Å². The number of rotatable bonds is 7. The second-order valence-electron chi connectivity index (χ2n) is 8.22. The quantitative estimate of drug-likeness (QED) is 0.579. The fourth-order valence-electron chi connectivity index (χ4n) is 3.69. The van der Waals surface area contributed by atoms with Crippen LogP contribution >= 0.6 is 15.9 Å². The lowest BCUT2D eigenvalue weighted by molar-refractivity contribution is -0.120.